The lowest BCUT2D eigenvalue weighted by atomic mass is 10.1. The number of hydrogen-bond acceptors (Lipinski definition) is 5. The highest BCUT2D eigenvalue weighted by Gasteiger charge is 2.53. The molecule has 20 heavy (non-hydrogen) atoms. The Morgan fingerprint density at radius 3 is 2.80 bits per heavy atom. The molecule has 0 radical (unpaired) electrons. The monoisotopic (exact) mass is 270 g/mol. The number of nitrogens with one attached hydrogen (secondary N) is 2. The maximum absolute atomic E-state index is 11.2. The van der Waals surface area contributed by atoms with Gasteiger partial charge < -0.3 is 10.6 Å². The van der Waals surface area contributed by atoms with Crippen LogP contribution in [0.1, 0.15) is 0 Å². The minimum absolute atomic E-state index is 0.0571. The second-order valence-electron chi connectivity index (χ2n) is 5.45. The van der Waals surface area contributed by atoms with E-state index < -0.39 is 0 Å². The zero-order chi connectivity index (χ0) is 13.7. The first-order chi connectivity index (χ1) is 9.75. The Morgan fingerprint density at radius 2 is 2.05 bits per heavy atom. The van der Waals surface area contributed by atoms with Crippen LogP contribution in [-0.4, -0.2) is 29.0 Å². The van der Waals surface area contributed by atoms with Gasteiger partial charge in [-0.1, -0.05) is 18.2 Å². The number of piperidine rings is 1. The van der Waals surface area contributed by atoms with Crippen LogP contribution in [0.25, 0.3) is 10.9 Å². The third kappa shape index (κ3) is 1.65. The molecule has 2 aromatic rings. The van der Waals surface area contributed by atoms with Crippen molar-refractivity contribution >= 4 is 22.3 Å². The summed E-state index contributed by atoms with van der Waals surface area (Å²) in [7, 11) is 0. The Kier molecular flexibility index (Phi) is 2.40. The predicted octanol–water partition coefficient (Wildman–Crippen LogP) is 1.77. The maximum atomic E-state index is 11.2. The first kappa shape index (κ1) is 11.6. The van der Waals surface area contributed by atoms with Crippen molar-refractivity contribution < 1.29 is 4.92 Å². The third-order valence-electron chi connectivity index (χ3n) is 4.35. The standard InChI is InChI=1S/C14H14N4O2/c19-18(20)12-7-16-11-4-2-1-3-8(11)14(12)17-13-9-5-15-6-10(9)13/h1-4,7,9-10,13,15H,5-6H2,(H,16,17). The van der Waals surface area contributed by atoms with Gasteiger partial charge in [-0.2, -0.15) is 0 Å². The number of aromatic nitrogens is 1. The van der Waals surface area contributed by atoms with Gasteiger partial charge in [0.2, 0.25) is 0 Å². The van der Waals surface area contributed by atoms with Gasteiger partial charge in [0.1, 0.15) is 11.9 Å². The fourth-order valence-corrected chi connectivity index (χ4v) is 3.22. The Balaban J connectivity index is 1.78. The quantitative estimate of drug-likeness (QED) is 0.656. The lowest BCUT2D eigenvalue weighted by Gasteiger charge is -2.11. The largest absolute Gasteiger partial charge is 0.375 e. The molecule has 1 saturated carbocycles. The third-order valence-corrected chi connectivity index (χ3v) is 4.35. The molecule has 1 aromatic heterocycles. The molecule has 0 amide bonds. The molecule has 6 nitrogen and oxygen atoms in total. The van der Waals surface area contributed by atoms with E-state index in [0.717, 1.165) is 24.0 Å². The Morgan fingerprint density at radius 1 is 1.30 bits per heavy atom. The highest BCUT2D eigenvalue weighted by Crippen LogP contribution is 2.45. The van der Waals surface area contributed by atoms with Gasteiger partial charge in [-0.3, -0.25) is 10.1 Å². The Labute approximate surface area is 115 Å². The van der Waals surface area contributed by atoms with Crippen molar-refractivity contribution in [2.45, 2.75) is 6.04 Å². The summed E-state index contributed by atoms with van der Waals surface area (Å²) in [6, 6.07) is 7.88. The summed E-state index contributed by atoms with van der Waals surface area (Å²) >= 11 is 0. The van der Waals surface area contributed by atoms with Crippen molar-refractivity contribution in [1.82, 2.24) is 10.3 Å². The molecule has 2 unspecified atom stereocenters. The number of benzene rings is 1. The van der Waals surface area contributed by atoms with Crippen molar-refractivity contribution in [2.24, 2.45) is 11.8 Å². The zero-order valence-electron chi connectivity index (χ0n) is 10.7. The van der Waals surface area contributed by atoms with E-state index in [2.05, 4.69) is 15.6 Å². The molecule has 102 valence electrons. The molecular formula is C14H14N4O2. The van der Waals surface area contributed by atoms with Gasteiger partial charge in [-0.15, -0.1) is 0 Å². The van der Waals surface area contributed by atoms with Gasteiger partial charge in [0.15, 0.2) is 0 Å². The Bertz CT molecular complexity index is 693. The second kappa shape index (κ2) is 4.14. The number of para-hydroxylation sites is 1. The van der Waals surface area contributed by atoms with Crippen LogP contribution in [-0.2, 0) is 0 Å². The minimum atomic E-state index is -0.363. The number of pyridine rings is 1. The summed E-state index contributed by atoms with van der Waals surface area (Å²) in [6.45, 7) is 2.00. The summed E-state index contributed by atoms with van der Waals surface area (Å²) in [5, 5.41) is 18.8. The summed E-state index contributed by atoms with van der Waals surface area (Å²) in [4.78, 5) is 15.0. The summed E-state index contributed by atoms with van der Waals surface area (Å²) in [5.74, 6) is 1.20. The van der Waals surface area contributed by atoms with Gasteiger partial charge in [-0.25, -0.2) is 4.98 Å². The van der Waals surface area contributed by atoms with Crippen LogP contribution in [0.5, 0.6) is 0 Å². The van der Waals surface area contributed by atoms with E-state index in [1.807, 2.05) is 24.3 Å². The van der Waals surface area contributed by atoms with E-state index in [4.69, 9.17) is 0 Å². The summed E-state index contributed by atoms with van der Waals surface area (Å²) < 4.78 is 0. The van der Waals surface area contributed by atoms with E-state index in [9.17, 15) is 10.1 Å². The molecule has 2 aliphatic rings. The van der Waals surface area contributed by atoms with Crippen LogP contribution in [0.4, 0.5) is 11.4 Å². The van der Waals surface area contributed by atoms with Crippen LogP contribution in [0.3, 0.4) is 0 Å². The molecule has 2 fully saturated rings. The Hall–Kier alpha value is -2.21. The molecule has 0 bridgehead atoms. The van der Waals surface area contributed by atoms with Crippen molar-refractivity contribution in [1.29, 1.82) is 0 Å². The first-order valence-electron chi connectivity index (χ1n) is 6.75. The van der Waals surface area contributed by atoms with E-state index in [0.29, 0.717) is 23.6 Å². The molecular weight excluding hydrogens is 256 g/mol. The lowest BCUT2D eigenvalue weighted by molar-refractivity contribution is -0.384. The number of nitro groups is 1. The average Bonchev–Trinajstić information content (AvgIpc) is 2.89. The maximum Gasteiger partial charge on any atom is 0.311 e. The fourth-order valence-electron chi connectivity index (χ4n) is 3.22. The van der Waals surface area contributed by atoms with Crippen LogP contribution in [0.15, 0.2) is 30.5 Å². The molecule has 2 atom stereocenters. The second-order valence-corrected chi connectivity index (χ2v) is 5.45. The molecule has 6 heteroatoms. The smallest absolute Gasteiger partial charge is 0.311 e. The number of anilines is 1. The molecule has 1 aliphatic heterocycles. The van der Waals surface area contributed by atoms with E-state index in [1.165, 1.54) is 6.20 Å². The molecule has 0 spiro atoms. The fraction of sp³-hybridized carbons (Fsp3) is 0.357. The predicted molar refractivity (Wildman–Crippen MR) is 75.7 cm³/mol. The topological polar surface area (TPSA) is 80.1 Å². The first-order valence-corrected chi connectivity index (χ1v) is 6.75. The van der Waals surface area contributed by atoms with Crippen LogP contribution < -0.4 is 10.6 Å². The highest BCUT2D eigenvalue weighted by molar-refractivity contribution is 5.95. The average molecular weight is 270 g/mol. The van der Waals surface area contributed by atoms with E-state index in [-0.39, 0.29) is 10.6 Å². The number of rotatable bonds is 3. The SMILES string of the molecule is O=[N+]([O-])c1cnc2ccccc2c1NC1C2CNCC21. The molecule has 2 heterocycles. The normalized spacial score (nSPS) is 27.3. The van der Waals surface area contributed by atoms with Crippen molar-refractivity contribution in [3.63, 3.8) is 0 Å². The van der Waals surface area contributed by atoms with Gasteiger partial charge >= 0.3 is 5.69 Å². The van der Waals surface area contributed by atoms with Crippen LogP contribution >= 0.6 is 0 Å². The molecule has 2 N–H and O–H groups in total. The van der Waals surface area contributed by atoms with Gasteiger partial charge in [0.25, 0.3) is 0 Å². The van der Waals surface area contributed by atoms with Crippen LogP contribution in [0.2, 0.25) is 0 Å². The summed E-state index contributed by atoms with van der Waals surface area (Å²) in [5.41, 5.74) is 1.45. The minimum Gasteiger partial charge on any atom is -0.375 e. The van der Waals surface area contributed by atoms with E-state index in [1.54, 1.807) is 0 Å². The molecule has 1 aliphatic carbocycles. The van der Waals surface area contributed by atoms with E-state index >= 15 is 0 Å². The number of nitrogens with zero attached hydrogens (tertiary/aromatic N) is 2. The number of hydrogen-bond donors (Lipinski definition) is 2. The van der Waals surface area contributed by atoms with Gasteiger partial charge in [-0.05, 0) is 17.9 Å². The van der Waals surface area contributed by atoms with Crippen LogP contribution in [0, 0.1) is 22.0 Å². The molecule has 1 aromatic carbocycles. The number of fused-ring (bicyclic) bond motifs is 2. The van der Waals surface area contributed by atoms with Crippen molar-refractivity contribution in [3.8, 4) is 0 Å². The lowest BCUT2D eigenvalue weighted by Crippen LogP contribution is -2.21. The zero-order valence-corrected chi connectivity index (χ0v) is 10.7. The van der Waals surface area contributed by atoms with Gasteiger partial charge in [0, 0.05) is 24.5 Å². The molecule has 1 saturated heterocycles. The molecule has 4 rings (SSSR count). The van der Waals surface area contributed by atoms with Crippen molar-refractivity contribution in [3.05, 3.63) is 40.6 Å². The highest BCUT2D eigenvalue weighted by atomic mass is 16.6. The van der Waals surface area contributed by atoms with Gasteiger partial charge in [0.05, 0.1) is 10.4 Å². The summed E-state index contributed by atoms with van der Waals surface area (Å²) in [6.07, 6.45) is 1.35. The van der Waals surface area contributed by atoms with Crippen molar-refractivity contribution in [2.75, 3.05) is 18.4 Å².